The van der Waals surface area contributed by atoms with Gasteiger partial charge in [0, 0.05) is 18.6 Å². The van der Waals surface area contributed by atoms with Crippen molar-refractivity contribution in [2.24, 2.45) is 0 Å². The molecule has 0 aliphatic heterocycles. The summed E-state index contributed by atoms with van der Waals surface area (Å²) in [6, 6.07) is 9.38. The van der Waals surface area contributed by atoms with Crippen LogP contribution in [0.15, 0.2) is 24.3 Å². The van der Waals surface area contributed by atoms with Crippen LogP contribution in [0.4, 0.5) is 4.79 Å². The Hall–Kier alpha value is -1.55. The monoisotopic (exact) mass is 318 g/mol. The number of carbonyl (C=O) groups is 1. The molecule has 0 saturated heterocycles. The molecule has 0 radical (unpaired) electrons. The summed E-state index contributed by atoms with van der Waals surface area (Å²) in [6.45, 7) is 8.42. The van der Waals surface area contributed by atoms with Gasteiger partial charge in [0.15, 0.2) is 0 Å². The molecule has 1 atom stereocenters. The first-order valence-electron chi connectivity index (χ1n) is 8.67. The van der Waals surface area contributed by atoms with Crippen LogP contribution in [0.25, 0.3) is 0 Å². The Labute approximate surface area is 140 Å². The first kappa shape index (κ1) is 17.8. The lowest BCUT2D eigenvalue weighted by Gasteiger charge is -2.24. The molecule has 1 amide bonds. The number of alkyl carbamates (subject to hydrolysis) is 1. The predicted molar refractivity (Wildman–Crippen MR) is 93.7 cm³/mol. The summed E-state index contributed by atoms with van der Waals surface area (Å²) in [7, 11) is 0. The molecular weight excluding hydrogens is 288 g/mol. The molecule has 2 rings (SSSR count). The fourth-order valence-corrected chi connectivity index (χ4v) is 3.12. The van der Waals surface area contributed by atoms with Crippen molar-refractivity contribution in [1.82, 2.24) is 10.6 Å². The zero-order chi connectivity index (χ0) is 16.9. The number of hydrogen-bond donors (Lipinski definition) is 2. The first-order valence-corrected chi connectivity index (χ1v) is 8.67. The van der Waals surface area contributed by atoms with Gasteiger partial charge in [-0.2, -0.15) is 0 Å². The van der Waals surface area contributed by atoms with Crippen LogP contribution >= 0.6 is 0 Å². The number of amides is 1. The average Bonchev–Trinajstić information content (AvgIpc) is 2.85. The number of ether oxygens (including phenoxy) is 1. The summed E-state index contributed by atoms with van der Waals surface area (Å²) in [4.78, 5) is 11.8. The van der Waals surface area contributed by atoms with E-state index in [2.05, 4.69) is 41.8 Å². The van der Waals surface area contributed by atoms with Gasteiger partial charge >= 0.3 is 6.09 Å². The Morgan fingerprint density at radius 3 is 2.39 bits per heavy atom. The van der Waals surface area contributed by atoms with Crippen molar-refractivity contribution in [2.75, 3.05) is 6.54 Å². The maximum atomic E-state index is 11.8. The molecule has 0 heterocycles. The highest BCUT2D eigenvalue weighted by atomic mass is 16.6. The fourth-order valence-electron chi connectivity index (χ4n) is 3.12. The van der Waals surface area contributed by atoms with Gasteiger partial charge in [0.25, 0.3) is 0 Å². The summed E-state index contributed by atoms with van der Waals surface area (Å²) < 4.78 is 5.31. The first-order chi connectivity index (χ1) is 10.9. The Morgan fingerprint density at radius 1 is 1.26 bits per heavy atom. The summed E-state index contributed by atoms with van der Waals surface area (Å²) in [6.07, 6.45) is 3.94. The molecule has 1 aromatic rings. The number of hydrogen-bond acceptors (Lipinski definition) is 3. The minimum absolute atomic E-state index is 0.284. The average molecular weight is 318 g/mol. The molecule has 0 spiro atoms. The minimum Gasteiger partial charge on any atom is -0.444 e. The highest BCUT2D eigenvalue weighted by Gasteiger charge is 2.24. The van der Waals surface area contributed by atoms with Crippen molar-refractivity contribution in [1.29, 1.82) is 0 Å². The smallest absolute Gasteiger partial charge is 0.407 e. The van der Waals surface area contributed by atoms with E-state index in [9.17, 15) is 4.79 Å². The van der Waals surface area contributed by atoms with E-state index >= 15 is 0 Å². The summed E-state index contributed by atoms with van der Waals surface area (Å²) >= 11 is 0. The van der Waals surface area contributed by atoms with Crippen molar-refractivity contribution in [3.8, 4) is 0 Å². The van der Waals surface area contributed by atoms with Crippen LogP contribution < -0.4 is 10.6 Å². The van der Waals surface area contributed by atoms with Gasteiger partial charge in [0.05, 0.1) is 0 Å². The van der Waals surface area contributed by atoms with Crippen LogP contribution in [-0.4, -0.2) is 30.3 Å². The second-order valence-electron chi connectivity index (χ2n) is 7.41. The Bertz CT molecular complexity index is 497. The molecule has 1 aliphatic carbocycles. The van der Waals surface area contributed by atoms with Crippen LogP contribution in [0.1, 0.15) is 51.7 Å². The van der Waals surface area contributed by atoms with Crippen LogP contribution in [0.5, 0.6) is 0 Å². The summed E-state index contributed by atoms with van der Waals surface area (Å²) in [5.41, 5.74) is 2.44. The van der Waals surface area contributed by atoms with Crippen LogP contribution in [-0.2, 0) is 17.6 Å². The second-order valence-corrected chi connectivity index (χ2v) is 7.41. The molecule has 2 N–H and O–H groups in total. The molecular formula is C19H30N2O2. The third kappa shape index (κ3) is 5.87. The topological polar surface area (TPSA) is 50.4 Å². The fraction of sp³-hybridized carbons (Fsp3) is 0.632. The largest absolute Gasteiger partial charge is 0.444 e. The summed E-state index contributed by atoms with van der Waals surface area (Å²) in [5.74, 6) is 0. The molecule has 1 unspecified atom stereocenters. The quantitative estimate of drug-likeness (QED) is 0.845. The van der Waals surface area contributed by atoms with Crippen molar-refractivity contribution in [2.45, 2.75) is 71.1 Å². The maximum absolute atomic E-state index is 11.8. The van der Waals surface area contributed by atoms with E-state index in [1.165, 1.54) is 11.1 Å². The molecule has 4 nitrogen and oxygen atoms in total. The normalized spacial score (nSPS) is 16.0. The molecule has 0 saturated carbocycles. The minimum atomic E-state index is -0.454. The van der Waals surface area contributed by atoms with Gasteiger partial charge in [0.2, 0.25) is 0 Å². The maximum Gasteiger partial charge on any atom is 0.407 e. The van der Waals surface area contributed by atoms with Gasteiger partial charge < -0.3 is 15.4 Å². The van der Waals surface area contributed by atoms with E-state index in [0.29, 0.717) is 12.6 Å². The Morgan fingerprint density at radius 2 is 1.87 bits per heavy atom. The lowest BCUT2D eigenvalue weighted by atomic mass is 10.1. The van der Waals surface area contributed by atoms with E-state index in [1.54, 1.807) is 0 Å². The molecule has 0 bridgehead atoms. The van der Waals surface area contributed by atoms with Gasteiger partial charge in [-0.25, -0.2) is 4.79 Å². The SMILES string of the molecule is CCCC(CNC(=O)OC(C)(C)C)NC1Cc2ccccc2C1. The van der Waals surface area contributed by atoms with E-state index in [0.717, 1.165) is 25.7 Å². The van der Waals surface area contributed by atoms with Gasteiger partial charge in [0.1, 0.15) is 5.60 Å². The Kier molecular flexibility index (Phi) is 6.05. The van der Waals surface area contributed by atoms with Crippen LogP contribution in [0, 0.1) is 0 Å². The summed E-state index contributed by atoms with van der Waals surface area (Å²) in [5, 5.41) is 6.61. The zero-order valence-corrected chi connectivity index (χ0v) is 14.8. The second kappa shape index (κ2) is 7.82. The molecule has 1 aliphatic rings. The van der Waals surface area contributed by atoms with E-state index in [1.807, 2.05) is 20.8 Å². The Balaban J connectivity index is 1.82. The van der Waals surface area contributed by atoms with E-state index in [4.69, 9.17) is 4.74 Å². The highest BCUT2D eigenvalue weighted by molar-refractivity contribution is 5.67. The number of carbonyl (C=O) groups excluding carboxylic acids is 1. The van der Waals surface area contributed by atoms with Crippen LogP contribution in [0.2, 0.25) is 0 Å². The zero-order valence-electron chi connectivity index (χ0n) is 14.8. The van der Waals surface area contributed by atoms with Gasteiger partial charge in [-0.3, -0.25) is 0 Å². The standard InChI is InChI=1S/C19H30N2O2/c1-5-8-16(13-20-18(22)23-19(2,3)4)21-17-11-14-9-6-7-10-15(14)12-17/h6-7,9-10,16-17,21H,5,8,11-13H2,1-4H3,(H,20,22). The number of benzene rings is 1. The van der Waals surface area contributed by atoms with Crippen molar-refractivity contribution in [3.63, 3.8) is 0 Å². The van der Waals surface area contributed by atoms with Crippen molar-refractivity contribution < 1.29 is 9.53 Å². The third-order valence-corrected chi connectivity index (χ3v) is 4.05. The molecule has 128 valence electrons. The molecule has 1 aromatic carbocycles. The lowest BCUT2D eigenvalue weighted by molar-refractivity contribution is 0.0521. The van der Waals surface area contributed by atoms with Gasteiger partial charge in [-0.1, -0.05) is 37.6 Å². The molecule has 0 aromatic heterocycles. The van der Waals surface area contributed by atoms with Crippen molar-refractivity contribution >= 4 is 6.09 Å². The highest BCUT2D eigenvalue weighted by Crippen LogP contribution is 2.22. The number of fused-ring (bicyclic) bond motifs is 1. The van der Waals surface area contributed by atoms with Crippen LogP contribution in [0.3, 0.4) is 0 Å². The lowest BCUT2D eigenvalue weighted by Crippen LogP contribution is -2.46. The number of nitrogens with one attached hydrogen (secondary N) is 2. The van der Waals surface area contributed by atoms with Gasteiger partial charge in [-0.15, -0.1) is 0 Å². The van der Waals surface area contributed by atoms with E-state index < -0.39 is 5.60 Å². The third-order valence-electron chi connectivity index (χ3n) is 4.05. The molecule has 4 heteroatoms. The molecule has 0 fully saturated rings. The number of rotatable bonds is 6. The van der Waals surface area contributed by atoms with E-state index in [-0.39, 0.29) is 12.1 Å². The predicted octanol–water partition coefficient (Wildman–Crippen LogP) is 3.44. The van der Waals surface area contributed by atoms with Crippen molar-refractivity contribution in [3.05, 3.63) is 35.4 Å². The van der Waals surface area contributed by atoms with Gasteiger partial charge in [-0.05, 0) is 51.2 Å². The molecule has 23 heavy (non-hydrogen) atoms.